The molecule has 1 saturated heterocycles. The van der Waals surface area contributed by atoms with Gasteiger partial charge in [-0.2, -0.15) is 0 Å². The van der Waals surface area contributed by atoms with E-state index in [9.17, 15) is 4.79 Å². The second-order valence-electron chi connectivity index (χ2n) is 5.23. The largest absolute Gasteiger partial charge is 0.337 e. The zero-order valence-corrected chi connectivity index (χ0v) is 10.9. The van der Waals surface area contributed by atoms with E-state index in [2.05, 4.69) is 16.2 Å². The molecule has 0 saturated carbocycles. The van der Waals surface area contributed by atoms with E-state index in [4.69, 9.17) is 6.57 Å². The van der Waals surface area contributed by atoms with E-state index >= 15 is 0 Å². The highest BCUT2D eigenvalue weighted by Gasteiger charge is 2.28. The summed E-state index contributed by atoms with van der Waals surface area (Å²) in [6.45, 7) is 9.24. The maximum absolute atomic E-state index is 11.9. The third-order valence-electron chi connectivity index (χ3n) is 4.09. The van der Waals surface area contributed by atoms with Gasteiger partial charge in [-0.25, -0.2) is 4.85 Å². The number of carbonyl (C=O) groups excluding carboxylic acids is 1. The summed E-state index contributed by atoms with van der Waals surface area (Å²) in [4.78, 5) is 17.4. The van der Waals surface area contributed by atoms with Gasteiger partial charge in [-0.15, -0.1) is 0 Å². The molecule has 0 bridgehead atoms. The Bertz CT molecular complexity index is 547. The number of carbonyl (C=O) groups is 1. The molecule has 0 spiro atoms. The molecule has 4 nitrogen and oxygen atoms in total. The van der Waals surface area contributed by atoms with Crippen LogP contribution in [0.1, 0.15) is 17.5 Å². The molecule has 1 atom stereocenters. The first-order valence-electron chi connectivity index (χ1n) is 6.77. The maximum Gasteiger partial charge on any atom is 0.236 e. The molecular formula is C15H17N3O. The second kappa shape index (κ2) is 5.02. The lowest BCUT2D eigenvalue weighted by Gasteiger charge is -2.37. The number of aryl methyl sites for hydroxylation is 1. The van der Waals surface area contributed by atoms with Gasteiger partial charge in [0.05, 0.1) is 13.1 Å². The Morgan fingerprint density at radius 2 is 2.26 bits per heavy atom. The lowest BCUT2D eigenvalue weighted by Crippen LogP contribution is -2.53. The van der Waals surface area contributed by atoms with Crippen LogP contribution in [0.3, 0.4) is 0 Å². The topological polar surface area (TPSA) is 36.7 Å². The van der Waals surface area contributed by atoms with Crippen LogP contribution in [-0.4, -0.2) is 36.5 Å². The molecule has 1 N–H and O–H groups in total. The average Bonchev–Trinajstić information content (AvgIpc) is 2.46. The van der Waals surface area contributed by atoms with Gasteiger partial charge >= 0.3 is 0 Å². The van der Waals surface area contributed by atoms with E-state index in [0.717, 1.165) is 38.0 Å². The summed E-state index contributed by atoms with van der Waals surface area (Å²) >= 11 is 0. The van der Waals surface area contributed by atoms with Gasteiger partial charge in [-0.05, 0) is 24.8 Å². The highest BCUT2D eigenvalue weighted by molar-refractivity contribution is 5.79. The molecule has 1 aromatic rings. The molecule has 1 aromatic carbocycles. The van der Waals surface area contributed by atoms with Gasteiger partial charge in [-0.3, -0.25) is 4.79 Å². The van der Waals surface area contributed by atoms with Gasteiger partial charge in [0.1, 0.15) is 0 Å². The third kappa shape index (κ3) is 2.34. The van der Waals surface area contributed by atoms with Crippen molar-refractivity contribution in [3.05, 3.63) is 40.7 Å². The molecule has 1 aliphatic heterocycles. The molecule has 1 amide bonds. The third-order valence-corrected chi connectivity index (χ3v) is 4.09. The van der Waals surface area contributed by atoms with Crippen LogP contribution in [0.2, 0.25) is 0 Å². The van der Waals surface area contributed by atoms with Crippen molar-refractivity contribution >= 4 is 11.6 Å². The minimum Gasteiger partial charge on any atom is -0.337 e. The summed E-state index contributed by atoms with van der Waals surface area (Å²) < 4.78 is 0. The van der Waals surface area contributed by atoms with E-state index in [1.54, 1.807) is 0 Å². The minimum absolute atomic E-state index is 0.220. The average molecular weight is 255 g/mol. The van der Waals surface area contributed by atoms with Crippen molar-refractivity contribution in [1.29, 1.82) is 0 Å². The van der Waals surface area contributed by atoms with Crippen LogP contribution in [0.4, 0.5) is 5.69 Å². The molecule has 19 heavy (non-hydrogen) atoms. The van der Waals surface area contributed by atoms with Gasteiger partial charge in [0.15, 0.2) is 5.69 Å². The Hall–Kier alpha value is -1.86. The fourth-order valence-electron chi connectivity index (χ4n) is 3.07. The Morgan fingerprint density at radius 1 is 1.37 bits per heavy atom. The minimum atomic E-state index is 0.220. The zero-order chi connectivity index (χ0) is 13.2. The predicted octanol–water partition coefficient (Wildman–Crippen LogP) is 1.53. The summed E-state index contributed by atoms with van der Waals surface area (Å²) in [6.07, 6.45) is 2.92. The van der Waals surface area contributed by atoms with Gasteiger partial charge in [0.2, 0.25) is 5.91 Å². The molecule has 4 heteroatoms. The van der Waals surface area contributed by atoms with Gasteiger partial charge < -0.3 is 10.2 Å². The quantitative estimate of drug-likeness (QED) is 0.773. The Labute approximate surface area is 113 Å². The van der Waals surface area contributed by atoms with Crippen LogP contribution < -0.4 is 5.32 Å². The lowest BCUT2D eigenvalue weighted by molar-refractivity contribution is -0.134. The first-order chi connectivity index (χ1) is 9.28. The predicted molar refractivity (Wildman–Crippen MR) is 73.1 cm³/mol. The summed E-state index contributed by atoms with van der Waals surface area (Å²) in [5.74, 6) is 0.220. The summed E-state index contributed by atoms with van der Waals surface area (Å²) in [5, 5.41) is 3.11. The summed E-state index contributed by atoms with van der Waals surface area (Å²) in [6, 6.07) is 6.27. The van der Waals surface area contributed by atoms with Crippen molar-refractivity contribution in [3.8, 4) is 0 Å². The molecule has 3 rings (SSSR count). The maximum atomic E-state index is 11.9. The number of hydrogen-bond acceptors (Lipinski definition) is 2. The van der Waals surface area contributed by atoms with Gasteiger partial charge in [-0.1, -0.05) is 23.8 Å². The summed E-state index contributed by atoms with van der Waals surface area (Å²) in [5.41, 5.74) is 3.30. The van der Waals surface area contributed by atoms with Crippen LogP contribution in [0, 0.1) is 6.57 Å². The van der Waals surface area contributed by atoms with Crippen molar-refractivity contribution in [3.63, 3.8) is 0 Å². The van der Waals surface area contributed by atoms with E-state index in [1.165, 1.54) is 11.1 Å². The molecule has 0 aromatic heterocycles. The van der Waals surface area contributed by atoms with Gasteiger partial charge in [0, 0.05) is 19.1 Å². The zero-order valence-electron chi connectivity index (χ0n) is 10.9. The smallest absolute Gasteiger partial charge is 0.236 e. The Balaban J connectivity index is 1.78. The molecule has 1 fully saturated rings. The number of nitrogens with zero attached hydrogens (tertiary/aromatic N) is 2. The standard InChI is InChI=1S/C15H17N3O/c1-16-13-4-2-12-9-14(5-3-11(12)8-13)18-7-6-17-10-15(18)19/h2,4,8,14,17H,3,5-7,9-10H2/t14-/m0/s1. The van der Waals surface area contributed by atoms with Crippen LogP contribution in [0.5, 0.6) is 0 Å². The molecule has 1 aliphatic carbocycles. The van der Waals surface area contributed by atoms with E-state index in [0.29, 0.717) is 12.6 Å². The monoisotopic (exact) mass is 255 g/mol. The second-order valence-corrected chi connectivity index (χ2v) is 5.23. The number of benzene rings is 1. The number of hydrogen-bond donors (Lipinski definition) is 1. The van der Waals surface area contributed by atoms with E-state index in [-0.39, 0.29) is 5.91 Å². The van der Waals surface area contributed by atoms with Crippen molar-refractivity contribution in [2.75, 3.05) is 19.6 Å². The fraction of sp³-hybridized carbons (Fsp3) is 0.467. The SMILES string of the molecule is [C-]#[N+]c1ccc2c(c1)CC[C@H](N1CCNCC1=O)C2. The highest BCUT2D eigenvalue weighted by atomic mass is 16.2. The molecular weight excluding hydrogens is 238 g/mol. The van der Waals surface area contributed by atoms with Gasteiger partial charge in [0.25, 0.3) is 0 Å². The number of rotatable bonds is 1. The van der Waals surface area contributed by atoms with E-state index < -0.39 is 0 Å². The van der Waals surface area contributed by atoms with E-state index in [1.807, 2.05) is 17.0 Å². The number of amides is 1. The fourth-order valence-corrected chi connectivity index (χ4v) is 3.07. The molecule has 2 aliphatic rings. The first-order valence-corrected chi connectivity index (χ1v) is 6.77. The normalized spacial score (nSPS) is 22.8. The van der Waals surface area contributed by atoms with Crippen LogP contribution >= 0.6 is 0 Å². The summed E-state index contributed by atoms with van der Waals surface area (Å²) in [7, 11) is 0. The van der Waals surface area contributed by atoms with Crippen molar-refractivity contribution in [1.82, 2.24) is 10.2 Å². The number of piperazine rings is 1. The van der Waals surface area contributed by atoms with Crippen molar-refractivity contribution in [2.24, 2.45) is 0 Å². The van der Waals surface area contributed by atoms with Crippen LogP contribution in [-0.2, 0) is 17.6 Å². The van der Waals surface area contributed by atoms with Crippen molar-refractivity contribution < 1.29 is 4.79 Å². The molecule has 0 radical (unpaired) electrons. The molecule has 0 unspecified atom stereocenters. The number of nitrogens with one attached hydrogen (secondary N) is 1. The highest BCUT2D eigenvalue weighted by Crippen LogP contribution is 2.28. The first kappa shape index (κ1) is 12.2. The van der Waals surface area contributed by atoms with Crippen molar-refractivity contribution in [2.45, 2.75) is 25.3 Å². The number of fused-ring (bicyclic) bond motifs is 1. The van der Waals surface area contributed by atoms with Crippen LogP contribution in [0.15, 0.2) is 18.2 Å². The lowest BCUT2D eigenvalue weighted by atomic mass is 9.87. The molecule has 1 heterocycles. The Morgan fingerprint density at radius 3 is 3.05 bits per heavy atom. The Kier molecular flexibility index (Phi) is 3.22. The van der Waals surface area contributed by atoms with Crippen LogP contribution in [0.25, 0.3) is 4.85 Å². The molecule has 98 valence electrons.